The van der Waals surface area contributed by atoms with Gasteiger partial charge in [0.25, 0.3) is 11.8 Å². The van der Waals surface area contributed by atoms with Gasteiger partial charge < -0.3 is 24.0 Å². The number of halogens is 2. The van der Waals surface area contributed by atoms with Crippen molar-refractivity contribution in [2.75, 3.05) is 46.5 Å². The average Bonchev–Trinajstić information content (AvgIpc) is 2.76. The highest BCUT2D eigenvalue weighted by molar-refractivity contribution is 6.35. The summed E-state index contributed by atoms with van der Waals surface area (Å²) in [5.74, 6) is 1.16. The van der Waals surface area contributed by atoms with Crippen molar-refractivity contribution in [3.63, 3.8) is 0 Å². The number of fused-ring (bicyclic) bond motifs is 1. The molecule has 0 radical (unpaired) electrons. The van der Waals surface area contributed by atoms with Crippen molar-refractivity contribution < 1.29 is 23.8 Å². The van der Waals surface area contributed by atoms with Crippen LogP contribution >= 0.6 is 23.2 Å². The summed E-state index contributed by atoms with van der Waals surface area (Å²) in [6.07, 6.45) is 0. The Morgan fingerprint density at radius 2 is 1.37 bits per heavy atom. The fourth-order valence-corrected chi connectivity index (χ4v) is 4.08. The number of benzene rings is 2. The van der Waals surface area contributed by atoms with Gasteiger partial charge in [-0.3, -0.25) is 9.59 Å². The summed E-state index contributed by atoms with van der Waals surface area (Å²) in [4.78, 5) is 29.2. The van der Waals surface area contributed by atoms with E-state index in [0.717, 1.165) is 0 Å². The number of methoxy groups -OCH3 is 1. The predicted molar refractivity (Wildman–Crippen MR) is 112 cm³/mol. The summed E-state index contributed by atoms with van der Waals surface area (Å²) in [6, 6.07) is 8.09. The highest BCUT2D eigenvalue weighted by Crippen LogP contribution is 2.40. The number of carbonyl (C=O) groups is 2. The first-order valence-electron chi connectivity index (χ1n) is 9.48. The minimum atomic E-state index is -0.160. The predicted octanol–water partition coefficient (Wildman–Crippen LogP) is 3.37. The number of nitrogens with zero attached hydrogens (tertiary/aromatic N) is 2. The molecule has 0 bridgehead atoms. The smallest absolute Gasteiger partial charge is 0.254 e. The Bertz CT molecular complexity index is 952. The van der Waals surface area contributed by atoms with E-state index >= 15 is 0 Å². The fraction of sp³-hybridized carbons (Fsp3) is 0.333. The lowest BCUT2D eigenvalue weighted by molar-refractivity contribution is 0.0535. The Balaban J connectivity index is 1.45. The zero-order chi connectivity index (χ0) is 21.3. The van der Waals surface area contributed by atoms with Gasteiger partial charge in [0.15, 0.2) is 11.5 Å². The van der Waals surface area contributed by atoms with E-state index in [2.05, 4.69) is 0 Å². The molecule has 2 aliphatic rings. The largest absolute Gasteiger partial charge is 0.493 e. The molecule has 7 nitrogen and oxygen atoms in total. The van der Waals surface area contributed by atoms with Crippen LogP contribution in [-0.2, 0) is 0 Å². The van der Waals surface area contributed by atoms with E-state index in [-0.39, 0.29) is 11.8 Å². The third-order valence-electron chi connectivity index (χ3n) is 5.04. The van der Waals surface area contributed by atoms with Gasteiger partial charge >= 0.3 is 0 Å². The second-order valence-corrected chi connectivity index (χ2v) is 7.82. The molecule has 2 aromatic rings. The molecule has 4 rings (SSSR count). The van der Waals surface area contributed by atoms with Gasteiger partial charge in [-0.15, -0.1) is 0 Å². The summed E-state index contributed by atoms with van der Waals surface area (Å²) < 4.78 is 16.6. The molecule has 1 fully saturated rings. The van der Waals surface area contributed by atoms with E-state index in [0.29, 0.717) is 77.8 Å². The Morgan fingerprint density at radius 1 is 0.833 bits per heavy atom. The Hall–Kier alpha value is -2.64. The van der Waals surface area contributed by atoms with Crippen LogP contribution in [0.15, 0.2) is 30.3 Å². The van der Waals surface area contributed by atoms with Crippen LogP contribution in [0.3, 0.4) is 0 Å². The lowest BCUT2D eigenvalue weighted by Crippen LogP contribution is -2.50. The van der Waals surface area contributed by atoms with Crippen molar-refractivity contribution in [2.45, 2.75) is 0 Å². The first-order valence-corrected chi connectivity index (χ1v) is 10.2. The van der Waals surface area contributed by atoms with Crippen molar-refractivity contribution in [3.8, 4) is 17.2 Å². The number of amides is 2. The molecule has 1 saturated heterocycles. The second-order valence-electron chi connectivity index (χ2n) is 6.95. The Kier molecular flexibility index (Phi) is 5.92. The van der Waals surface area contributed by atoms with Gasteiger partial charge in [-0.25, -0.2) is 0 Å². The maximum atomic E-state index is 13.0. The molecule has 0 unspecified atom stereocenters. The molecule has 0 N–H and O–H groups in total. The number of rotatable bonds is 3. The van der Waals surface area contributed by atoms with Crippen LogP contribution in [0.2, 0.25) is 10.0 Å². The fourth-order valence-electron chi connectivity index (χ4n) is 3.55. The van der Waals surface area contributed by atoms with Crippen LogP contribution in [0.5, 0.6) is 17.2 Å². The van der Waals surface area contributed by atoms with Crippen LogP contribution in [0.1, 0.15) is 20.7 Å². The molecule has 2 aromatic carbocycles. The third kappa shape index (κ3) is 4.13. The van der Waals surface area contributed by atoms with E-state index < -0.39 is 0 Å². The van der Waals surface area contributed by atoms with E-state index in [1.165, 1.54) is 7.11 Å². The molecule has 0 spiro atoms. The van der Waals surface area contributed by atoms with Gasteiger partial charge in [-0.1, -0.05) is 23.2 Å². The Morgan fingerprint density at radius 3 is 1.93 bits per heavy atom. The molecule has 0 saturated carbocycles. The van der Waals surface area contributed by atoms with Crippen molar-refractivity contribution in [3.05, 3.63) is 51.5 Å². The maximum Gasteiger partial charge on any atom is 0.254 e. The minimum Gasteiger partial charge on any atom is -0.493 e. The highest BCUT2D eigenvalue weighted by atomic mass is 35.5. The molecule has 30 heavy (non-hydrogen) atoms. The summed E-state index contributed by atoms with van der Waals surface area (Å²) in [7, 11) is 1.52. The third-order valence-corrected chi connectivity index (χ3v) is 5.47. The quantitative estimate of drug-likeness (QED) is 0.716. The molecule has 9 heteroatoms. The lowest BCUT2D eigenvalue weighted by atomic mass is 10.1. The van der Waals surface area contributed by atoms with E-state index in [1.807, 2.05) is 0 Å². The summed E-state index contributed by atoms with van der Waals surface area (Å²) in [6.45, 7) is 2.50. The molecular formula is C21H20Cl2N2O5. The number of piperazine rings is 1. The molecule has 2 aliphatic heterocycles. The highest BCUT2D eigenvalue weighted by Gasteiger charge is 2.28. The normalized spacial score (nSPS) is 15.7. The topological polar surface area (TPSA) is 68.3 Å². The Labute approximate surface area is 184 Å². The standard InChI is InChI=1S/C21H20Cl2N2O5/c1-28-17-10-14(11-18-19(17)30-7-6-29-18)21(27)25-4-2-24(3-5-25)20(26)13-8-15(22)12-16(23)9-13/h8-12H,2-7H2,1H3. The van der Waals surface area contributed by atoms with Gasteiger partial charge in [0, 0.05) is 47.4 Å². The van der Waals surface area contributed by atoms with E-state index in [4.69, 9.17) is 37.4 Å². The first-order chi connectivity index (χ1) is 14.5. The van der Waals surface area contributed by atoms with Crippen LogP contribution in [-0.4, -0.2) is 68.1 Å². The number of hydrogen-bond acceptors (Lipinski definition) is 5. The van der Waals surface area contributed by atoms with E-state index in [1.54, 1.807) is 40.1 Å². The van der Waals surface area contributed by atoms with Gasteiger partial charge in [0.05, 0.1) is 7.11 Å². The molecule has 158 valence electrons. The monoisotopic (exact) mass is 450 g/mol. The average molecular weight is 451 g/mol. The van der Waals surface area contributed by atoms with Gasteiger partial charge in [0.2, 0.25) is 5.75 Å². The van der Waals surface area contributed by atoms with Gasteiger partial charge in [-0.2, -0.15) is 0 Å². The minimum absolute atomic E-state index is 0.150. The van der Waals surface area contributed by atoms with Crippen LogP contribution in [0, 0.1) is 0 Å². The van der Waals surface area contributed by atoms with Crippen molar-refractivity contribution >= 4 is 35.0 Å². The number of hydrogen-bond donors (Lipinski definition) is 0. The zero-order valence-corrected chi connectivity index (χ0v) is 17.8. The number of ether oxygens (including phenoxy) is 3. The zero-order valence-electron chi connectivity index (χ0n) is 16.3. The van der Waals surface area contributed by atoms with Crippen molar-refractivity contribution in [1.29, 1.82) is 0 Å². The number of carbonyl (C=O) groups excluding carboxylic acids is 2. The van der Waals surface area contributed by atoms with E-state index in [9.17, 15) is 9.59 Å². The van der Waals surface area contributed by atoms with Gasteiger partial charge in [0.1, 0.15) is 13.2 Å². The molecule has 0 atom stereocenters. The van der Waals surface area contributed by atoms with Crippen LogP contribution in [0.4, 0.5) is 0 Å². The maximum absolute atomic E-state index is 13.0. The summed E-state index contributed by atoms with van der Waals surface area (Å²) in [5, 5.41) is 0.819. The summed E-state index contributed by atoms with van der Waals surface area (Å²) in [5.41, 5.74) is 0.890. The first kappa shape index (κ1) is 20.6. The molecular weight excluding hydrogens is 431 g/mol. The van der Waals surface area contributed by atoms with Gasteiger partial charge in [-0.05, 0) is 30.3 Å². The molecule has 2 heterocycles. The van der Waals surface area contributed by atoms with Crippen molar-refractivity contribution in [2.24, 2.45) is 0 Å². The van der Waals surface area contributed by atoms with Crippen LogP contribution < -0.4 is 14.2 Å². The second kappa shape index (κ2) is 8.62. The van der Waals surface area contributed by atoms with Crippen molar-refractivity contribution in [1.82, 2.24) is 9.80 Å². The van der Waals surface area contributed by atoms with Crippen LogP contribution in [0.25, 0.3) is 0 Å². The molecule has 0 aromatic heterocycles. The lowest BCUT2D eigenvalue weighted by Gasteiger charge is -2.35. The summed E-state index contributed by atoms with van der Waals surface area (Å²) >= 11 is 12.0. The SMILES string of the molecule is COc1cc(C(=O)N2CCN(C(=O)c3cc(Cl)cc(Cl)c3)CC2)cc2c1OCCO2. The molecule has 0 aliphatic carbocycles. The molecule has 2 amide bonds.